The molecule has 6 nitrogen and oxygen atoms in total. The standard InChI is InChI=1S/C27H22FN5O/c1-16-9-25-19(13-31-33(25)21-6-4-20(28)5-7-21)10-22(16)27-15-32(14-23(27)17(27)2)26(34)24-8-3-18(11-29)12-30-24/h3-10,12-13,17,23H,14-15H2,1-2H3/t17-,23-,27+/m1/s1. The SMILES string of the molecule is Cc1cc2c(cnn2-c2ccc(F)cc2)cc1[C@@]12CN(C(=O)c3ccc(C#N)cn3)C[C@@H]1[C@H]2C. The highest BCUT2D eigenvalue weighted by Crippen LogP contribution is 2.64. The number of benzene rings is 2. The maximum absolute atomic E-state index is 13.4. The molecule has 1 amide bonds. The van der Waals surface area contributed by atoms with Gasteiger partial charge in [0.05, 0.1) is 23.0 Å². The van der Waals surface area contributed by atoms with Gasteiger partial charge in [-0.05, 0) is 78.4 Å². The third kappa shape index (κ3) is 2.88. The van der Waals surface area contributed by atoms with E-state index in [0.29, 0.717) is 36.2 Å². The lowest BCUT2D eigenvalue weighted by Crippen LogP contribution is -2.35. The van der Waals surface area contributed by atoms with Crippen LogP contribution in [0.2, 0.25) is 0 Å². The maximum atomic E-state index is 13.4. The second-order valence-corrected chi connectivity index (χ2v) is 9.42. The minimum atomic E-state index is -0.275. The monoisotopic (exact) mass is 451 g/mol. The van der Waals surface area contributed by atoms with E-state index >= 15 is 0 Å². The highest BCUT2D eigenvalue weighted by Gasteiger charge is 2.68. The van der Waals surface area contributed by atoms with Crippen molar-refractivity contribution in [2.75, 3.05) is 13.1 Å². The van der Waals surface area contributed by atoms with Gasteiger partial charge in [0.15, 0.2) is 0 Å². The third-order valence-corrected chi connectivity index (χ3v) is 7.72. The van der Waals surface area contributed by atoms with E-state index in [9.17, 15) is 9.18 Å². The van der Waals surface area contributed by atoms with Crippen molar-refractivity contribution in [1.29, 1.82) is 5.26 Å². The second kappa shape index (κ2) is 7.22. The lowest BCUT2D eigenvalue weighted by Gasteiger charge is -2.24. The second-order valence-electron chi connectivity index (χ2n) is 9.42. The highest BCUT2D eigenvalue weighted by molar-refractivity contribution is 5.93. The van der Waals surface area contributed by atoms with E-state index in [1.165, 1.54) is 23.9 Å². The Morgan fingerprint density at radius 3 is 2.68 bits per heavy atom. The molecule has 1 saturated heterocycles. The van der Waals surface area contributed by atoms with Crippen LogP contribution in [-0.2, 0) is 5.41 Å². The molecule has 2 aromatic heterocycles. The summed E-state index contributed by atoms with van der Waals surface area (Å²) in [6, 6.07) is 16.0. The zero-order valence-electron chi connectivity index (χ0n) is 18.9. The zero-order valence-corrected chi connectivity index (χ0v) is 18.9. The molecule has 3 atom stereocenters. The normalized spacial score (nSPS) is 23.1. The first-order chi connectivity index (χ1) is 16.4. The molecular weight excluding hydrogens is 429 g/mol. The van der Waals surface area contributed by atoms with Gasteiger partial charge in [0.1, 0.15) is 17.6 Å². The molecule has 7 heteroatoms. The van der Waals surface area contributed by atoms with Crippen LogP contribution in [-0.4, -0.2) is 38.7 Å². The summed E-state index contributed by atoms with van der Waals surface area (Å²) in [6.45, 7) is 5.73. The summed E-state index contributed by atoms with van der Waals surface area (Å²) >= 11 is 0. The van der Waals surface area contributed by atoms with Gasteiger partial charge in [-0.15, -0.1) is 0 Å². The van der Waals surface area contributed by atoms with E-state index in [-0.39, 0.29) is 17.1 Å². The first-order valence-corrected chi connectivity index (χ1v) is 11.3. The molecule has 4 aromatic rings. The minimum absolute atomic E-state index is 0.0709. The number of fused-ring (bicyclic) bond motifs is 2. The quantitative estimate of drug-likeness (QED) is 0.463. The van der Waals surface area contributed by atoms with Crippen molar-refractivity contribution in [3.05, 3.63) is 89.1 Å². The Bertz CT molecular complexity index is 1480. The van der Waals surface area contributed by atoms with Crippen LogP contribution in [0.3, 0.4) is 0 Å². The summed E-state index contributed by atoms with van der Waals surface area (Å²) in [5.74, 6) is 0.515. The summed E-state index contributed by atoms with van der Waals surface area (Å²) in [6.07, 6.45) is 3.29. The Morgan fingerprint density at radius 1 is 1.18 bits per heavy atom. The van der Waals surface area contributed by atoms with E-state index in [0.717, 1.165) is 22.2 Å². The lowest BCUT2D eigenvalue weighted by molar-refractivity contribution is 0.0759. The number of pyridine rings is 1. The maximum Gasteiger partial charge on any atom is 0.272 e. The van der Waals surface area contributed by atoms with Gasteiger partial charge in [-0.1, -0.05) is 6.92 Å². The van der Waals surface area contributed by atoms with E-state index in [4.69, 9.17) is 5.26 Å². The fourth-order valence-electron chi connectivity index (χ4n) is 5.83. The van der Waals surface area contributed by atoms with E-state index < -0.39 is 0 Å². The van der Waals surface area contributed by atoms with Gasteiger partial charge in [-0.3, -0.25) is 4.79 Å². The lowest BCUT2D eigenvalue weighted by atomic mass is 9.88. The fraction of sp³-hybridized carbons (Fsp3) is 0.259. The fourth-order valence-corrected chi connectivity index (χ4v) is 5.83. The average molecular weight is 452 g/mol. The van der Waals surface area contributed by atoms with Crippen LogP contribution in [0.15, 0.2) is 60.9 Å². The molecule has 0 spiro atoms. The number of carbonyl (C=O) groups excluding carboxylic acids is 1. The Morgan fingerprint density at radius 2 is 1.97 bits per heavy atom. The molecule has 0 N–H and O–H groups in total. The zero-order chi connectivity index (χ0) is 23.6. The first-order valence-electron chi connectivity index (χ1n) is 11.3. The van der Waals surface area contributed by atoms with Gasteiger partial charge in [-0.25, -0.2) is 14.1 Å². The molecule has 1 aliphatic carbocycles. The van der Waals surface area contributed by atoms with Crippen molar-refractivity contribution in [2.24, 2.45) is 11.8 Å². The molecule has 6 rings (SSSR count). The number of carbonyl (C=O) groups is 1. The van der Waals surface area contributed by atoms with Crippen molar-refractivity contribution in [3.8, 4) is 11.8 Å². The molecule has 2 fully saturated rings. The van der Waals surface area contributed by atoms with Gasteiger partial charge in [0.2, 0.25) is 0 Å². The van der Waals surface area contributed by atoms with Crippen LogP contribution in [0.25, 0.3) is 16.6 Å². The number of hydrogen-bond donors (Lipinski definition) is 0. The summed E-state index contributed by atoms with van der Waals surface area (Å²) in [5.41, 5.74) is 4.95. The van der Waals surface area contributed by atoms with Gasteiger partial charge in [0, 0.05) is 30.1 Å². The number of nitrogens with zero attached hydrogens (tertiary/aromatic N) is 5. The topological polar surface area (TPSA) is 74.8 Å². The van der Waals surface area contributed by atoms with E-state index in [1.54, 1.807) is 24.3 Å². The van der Waals surface area contributed by atoms with Crippen molar-refractivity contribution in [1.82, 2.24) is 19.7 Å². The van der Waals surface area contributed by atoms with E-state index in [1.807, 2.05) is 21.8 Å². The Hall–Kier alpha value is -4.05. The van der Waals surface area contributed by atoms with Crippen LogP contribution < -0.4 is 0 Å². The van der Waals surface area contributed by atoms with Gasteiger partial charge < -0.3 is 4.90 Å². The van der Waals surface area contributed by atoms with E-state index in [2.05, 4.69) is 36.1 Å². The number of aryl methyl sites for hydroxylation is 1. The number of piperidine rings is 1. The van der Waals surface area contributed by atoms with Gasteiger partial charge in [0.25, 0.3) is 5.91 Å². The van der Waals surface area contributed by atoms with Crippen LogP contribution in [0.5, 0.6) is 0 Å². The van der Waals surface area contributed by atoms with Crippen LogP contribution >= 0.6 is 0 Å². The third-order valence-electron chi connectivity index (χ3n) is 7.72. The summed E-state index contributed by atoms with van der Waals surface area (Å²) < 4.78 is 15.2. The predicted octanol–water partition coefficient (Wildman–Crippen LogP) is 4.40. The Labute approximate surface area is 196 Å². The predicted molar refractivity (Wildman–Crippen MR) is 125 cm³/mol. The molecule has 1 saturated carbocycles. The number of nitriles is 1. The van der Waals surface area contributed by atoms with Gasteiger partial charge in [-0.2, -0.15) is 10.4 Å². The molecule has 0 radical (unpaired) electrons. The summed E-state index contributed by atoms with van der Waals surface area (Å²) in [5, 5.41) is 14.6. The molecule has 2 aromatic carbocycles. The molecule has 34 heavy (non-hydrogen) atoms. The van der Waals surface area contributed by atoms with Crippen molar-refractivity contribution in [2.45, 2.75) is 19.3 Å². The Kier molecular flexibility index (Phi) is 4.37. The minimum Gasteiger partial charge on any atom is -0.336 e. The summed E-state index contributed by atoms with van der Waals surface area (Å²) in [7, 11) is 0. The molecular formula is C27H22FN5O. The van der Waals surface area contributed by atoms with Crippen LogP contribution in [0, 0.1) is 35.9 Å². The molecule has 2 aliphatic rings. The van der Waals surface area contributed by atoms with Crippen LogP contribution in [0.1, 0.15) is 34.1 Å². The highest BCUT2D eigenvalue weighted by atomic mass is 19.1. The number of halogens is 1. The Balaban J connectivity index is 1.33. The van der Waals surface area contributed by atoms with Crippen molar-refractivity contribution >= 4 is 16.8 Å². The molecule has 168 valence electrons. The largest absolute Gasteiger partial charge is 0.336 e. The molecule has 1 aliphatic heterocycles. The molecule has 0 bridgehead atoms. The van der Waals surface area contributed by atoms with Gasteiger partial charge >= 0.3 is 0 Å². The van der Waals surface area contributed by atoms with Crippen molar-refractivity contribution in [3.63, 3.8) is 0 Å². The summed E-state index contributed by atoms with van der Waals surface area (Å²) in [4.78, 5) is 19.2. The molecule has 0 unspecified atom stereocenters. The number of hydrogen-bond acceptors (Lipinski definition) is 4. The smallest absolute Gasteiger partial charge is 0.272 e. The molecule has 3 heterocycles. The number of likely N-dealkylation sites (tertiary alicyclic amines) is 1. The number of aromatic nitrogens is 3. The van der Waals surface area contributed by atoms with Crippen LogP contribution in [0.4, 0.5) is 4.39 Å². The van der Waals surface area contributed by atoms with Crippen molar-refractivity contribution < 1.29 is 9.18 Å². The average Bonchev–Trinajstić information content (AvgIpc) is 3.18. The first kappa shape index (κ1) is 20.5. The number of rotatable bonds is 3. The number of amides is 1.